The van der Waals surface area contributed by atoms with Crippen LogP contribution in [-0.2, 0) is 28.7 Å². The van der Waals surface area contributed by atoms with E-state index < -0.39 is 35.2 Å². The number of benzene rings is 2. The Bertz CT molecular complexity index is 1700. The van der Waals surface area contributed by atoms with Crippen LogP contribution in [0, 0.1) is 11.8 Å². The van der Waals surface area contributed by atoms with Crippen molar-refractivity contribution in [3.63, 3.8) is 0 Å². The van der Waals surface area contributed by atoms with Crippen LogP contribution in [0.4, 0.5) is 0 Å². The molecular weight excluding hydrogens is 677 g/mol. The molecule has 0 saturated carbocycles. The van der Waals surface area contributed by atoms with Gasteiger partial charge in [0, 0.05) is 61.8 Å². The highest BCUT2D eigenvalue weighted by Crippen LogP contribution is 2.55. The van der Waals surface area contributed by atoms with Gasteiger partial charge in [0.1, 0.15) is 11.6 Å². The minimum atomic E-state index is -1.13. The van der Waals surface area contributed by atoms with Gasteiger partial charge < -0.3 is 9.47 Å². The van der Waals surface area contributed by atoms with Crippen LogP contribution in [0.5, 0.6) is 0 Å². The molecule has 0 aromatic heterocycles. The highest BCUT2D eigenvalue weighted by molar-refractivity contribution is 5.93. The van der Waals surface area contributed by atoms with E-state index >= 15 is 0 Å². The van der Waals surface area contributed by atoms with Crippen LogP contribution in [0.1, 0.15) is 127 Å². The lowest BCUT2D eigenvalue weighted by Crippen LogP contribution is -2.61. The Hall–Kier alpha value is -4.14. The van der Waals surface area contributed by atoms with E-state index in [1.807, 2.05) is 27.9 Å². The van der Waals surface area contributed by atoms with Gasteiger partial charge in [0.05, 0.1) is 11.8 Å². The van der Waals surface area contributed by atoms with Crippen molar-refractivity contribution in [1.82, 2.24) is 9.80 Å². The number of hydrogen-bond acceptors (Lipinski definition) is 8. The summed E-state index contributed by atoms with van der Waals surface area (Å²) >= 11 is 0. The minimum Gasteiger partial charge on any atom is -0.440 e. The van der Waals surface area contributed by atoms with Gasteiger partial charge in [-0.2, -0.15) is 0 Å². The van der Waals surface area contributed by atoms with Gasteiger partial charge in [-0.3, -0.25) is 19.4 Å². The van der Waals surface area contributed by atoms with Crippen molar-refractivity contribution in [2.75, 3.05) is 14.1 Å². The molecule has 0 amide bonds. The first-order valence-corrected chi connectivity index (χ1v) is 19.9. The van der Waals surface area contributed by atoms with Gasteiger partial charge in [0.2, 0.25) is 0 Å². The number of fused-ring (bicyclic) bond motifs is 4. The zero-order chi connectivity index (χ0) is 38.9. The molecule has 2 aromatic rings. The van der Waals surface area contributed by atoms with Gasteiger partial charge in [-0.1, -0.05) is 85.7 Å². The maximum absolute atomic E-state index is 13.8. The lowest BCUT2D eigenvalue weighted by molar-refractivity contribution is -0.202. The molecule has 4 fully saturated rings. The molecule has 8 unspecified atom stereocenters. The Morgan fingerprint density at radius 3 is 1.30 bits per heavy atom. The zero-order valence-corrected chi connectivity index (χ0v) is 33.4. The lowest BCUT2D eigenvalue weighted by atomic mass is 9.71. The number of carbonyl (C=O) groups is 4. The molecule has 288 valence electrons. The molecule has 2 aromatic carbocycles. The lowest BCUT2D eigenvalue weighted by Gasteiger charge is -2.50. The van der Waals surface area contributed by atoms with Gasteiger partial charge in [-0.15, -0.1) is 0 Å². The summed E-state index contributed by atoms with van der Waals surface area (Å²) in [4.78, 5) is 59.2. The molecule has 0 spiro atoms. The molecule has 54 heavy (non-hydrogen) atoms. The number of carbonyl (C=O) groups excluding carboxylic acids is 4. The van der Waals surface area contributed by atoms with Crippen molar-refractivity contribution in [2.24, 2.45) is 11.8 Å². The fraction of sp³-hybridized carbons (Fsp3) is 0.522. The predicted octanol–water partition coefficient (Wildman–Crippen LogP) is 8.62. The second-order valence-electron chi connectivity index (χ2n) is 16.5. The highest BCUT2D eigenvalue weighted by atomic mass is 16.6. The molecule has 6 rings (SSSR count). The molecule has 8 nitrogen and oxygen atoms in total. The first-order chi connectivity index (χ1) is 25.7. The molecule has 0 aliphatic carbocycles. The number of ketones is 2. The second kappa shape index (κ2) is 15.9. The predicted molar refractivity (Wildman–Crippen MR) is 212 cm³/mol. The normalized spacial score (nSPS) is 30.5. The number of Topliss-reactive ketones (excluding diaryl/α,β-unsaturated/α-hetero) is 2. The summed E-state index contributed by atoms with van der Waals surface area (Å²) in [6, 6.07) is 17.0. The highest BCUT2D eigenvalue weighted by Gasteiger charge is 2.62. The van der Waals surface area contributed by atoms with Crippen LogP contribution in [0.3, 0.4) is 0 Å². The van der Waals surface area contributed by atoms with Crippen molar-refractivity contribution in [3.8, 4) is 0 Å². The summed E-state index contributed by atoms with van der Waals surface area (Å²) in [6.07, 6.45) is 11.4. The standard InChI is InChI=1S/C46H58N2O6/c1-9-39(49)43-37(33-15-11-31(12-16-33)25-29(3)4)27-35-21-23-45(43,47(35)7)53-41(51)19-20-42(52)54-46-24-22-36(48(46)8)28-38(44(46)40(50)10-2)34-17-13-32(14-18-34)26-30(5)6/h11-20,25-26,35-38,43-44H,9-10,21-24,27-28H2,1-8H3/b20-19+. The summed E-state index contributed by atoms with van der Waals surface area (Å²) < 4.78 is 12.7. The molecule has 8 heteroatoms. The summed E-state index contributed by atoms with van der Waals surface area (Å²) in [5, 5.41) is 0. The van der Waals surface area contributed by atoms with E-state index in [2.05, 4.69) is 98.2 Å². The van der Waals surface area contributed by atoms with E-state index in [4.69, 9.17) is 9.47 Å². The third-order valence-electron chi connectivity index (χ3n) is 12.7. The van der Waals surface area contributed by atoms with E-state index in [1.165, 1.54) is 11.1 Å². The Labute approximate surface area is 321 Å². The van der Waals surface area contributed by atoms with Crippen molar-refractivity contribution in [3.05, 3.63) is 94.1 Å². The minimum absolute atomic E-state index is 0.0553. The van der Waals surface area contributed by atoms with E-state index in [0.29, 0.717) is 25.7 Å². The second-order valence-corrected chi connectivity index (χ2v) is 16.5. The monoisotopic (exact) mass is 734 g/mol. The maximum atomic E-state index is 13.8. The number of rotatable bonds is 12. The Morgan fingerprint density at radius 2 is 0.981 bits per heavy atom. The first-order valence-electron chi connectivity index (χ1n) is 19.9. The van der Waals surface area contributed by atoms with Gasteiger partial charge in [0.25, 0.3) is 0 Å². The number of allylic oxidation sites excluding steroid dienone is 2. The third-order valence-corrected chi connectivity index (χ3v) is 12.7. The molecular formula is C46H58N2O6. The zero-order valence-electron chi connectivity index (χ0n) is 33.4. The maximum Gasteiger partial charge on any atom is 0.332 e. The van der Waals surface area contributed by atoms with E-state index in [-0.39, 0.29) is 35.5 Å². The molecule has 0 radical (unpaired) electrons. The Balaban J connectivity index is 1.23. The van der Waals surface area contributed by atoms with Crippen LogP contribution in [0.15, 0.2) is 71.8 Å². The summed E-state index contributed by atoms with van der Waals surface area (Å²) in [6.45, 7) is 12.0. The van der Waals surface area contributed by atoms with Crippen molar-refractivity contribution >= 4 is 35.7 Å². The third kappa shape index (κ3) is 7.44. The van der Waals surface area contributed by atoms with Crippen LogP contribution in [0.25, 0.3) is 12.2 Å². The quantitative estimate of drug-likeness (QED) is 0.158. The Morgan fingerprint density at radius 1 is 0.630 bits per heavy atom. The summed E-state index contributed by atoms with van der Waals surface area (Å²) in [7, 11) is 3.88. The van der Waals surface area contributed by atoms with E-state index in [0.717, 1.165) is 60.1 Å². The average Bonchev–Trinajstić information content (AvgIpc) is 3.44. The van der Waals surface area contributed by atoms with Crippen LogP contribution < -0.4 is 0 Å². The topological polar surface area (TPSA) is 93.2 Å². The average molecular weight is 735 g/mol. The largest absolute Gasteiger partial charge is 0.440 e. The van der Waals surface area contributed by atoms with Gasteiger partial charge in [-0.25, -0.2) is 9.59 Å². The van der Waals surface area contributed by atoms with Gasteiger partial charge in [0.15, 0.2) is 11.4 Å². The van der Waals surface area contributed by atoms with Crippen LogP contribution in [-0.4, -0.2) is 70.9 Å². The smallest absolute Gasteiger partial charge is 0.332 e. The fourth-order valence-electron chi connectivity index (χ4n) is 10.2. The molecule has 4 saturated heterocycles. The molecule has 4 aliphatic heterocycles. The summed E-state index contributed by atoms with van der Waals surface area (Å²) in [5.41, 5.74) is 4.50. The molecule has 4 aliphatic rings. The van der Waals surface area contributed by atoms with Crippen molar-refractivity contribution < 1.29 is 28.7 Å². The van der Waals surface area contributed by atoms with Crippen molar-refractivity contribution in [1.29, 1.82) is 0 Å². The number of esters is 2. The van der Waals surface area contributed by atoms with E-state index in [1.54, 1.807) is 0 Å². The van der Waals surface area contributed by atoms with Crippen LogP contribution in [0.2, 0.25) is 0 Å². The molecule has 8 atom stereocenters. The number of hydrogen-bond donors (Lipinski definition) is 0. The van der Waals surface area contributed by atoms with Gasteiger partial charge >= 0.3 is 11.9 Å². The molecule has 0 N–H and O–H groups in total. The fourth-order valence-corrected chi connectivity index (χ4v) is 10.2. The number of piperidine rings is 2. The number of ether oxygens (including phenoxy) is 2. The molecule has 4 bridgehead atoms. The van der Waals surface area contributed by atoms with Crippen molar-refractivity contribution in [2.45, 2.75) is 128 Å². The Kier molecular flexibility index (Phi) is 11.7. The molecule has 4 heterocycles. The van der Waals surface area contributed by atoms with E-state index in [9.17, 15) is 19.2 Å². The SMILES string of the molecule is CCC(=O)C1C(c2ccc(C=C(C)C)cc2)CC2CCC1(OC(=O)/C=C/C(=O)OC13CCC(CC(c4ccc(C=C(C)C)cc4)C1C(=O)CC)N3C)N2C. The summed E-state index contributed by atoms with van der Waals surface area (Å²) in [5.74, 6) is -2.59. The first kappa shape index (κ1) is 39.6. The van der Waals surface area contributed by atoms with Gasteiger partial charge in [-0.05, 0) is 89.7 Å². The number of nitrogens with zero attached hydrogens (tertiary/aromatic N) is 2. The van der Waals surface area contributed by atoms with Crippen LogP contribution >= 0.6 is 0 Å².